The Morgan fingerprint density at radius 3 is 2.50 bits per heavy atom. The highest BCUT2D eigenvalue weighted by Gasteiger charge is 2.35. The average Bonchev–Trinajstić information content (AvgIpc) is 2.41. The lowest BCUT2D eigenvalue weighted by atomic mass is 9.70. The average molecular weight is 338 g/mol. The highest BCUT2D eigenvalue weighted by Crippen LogP contribution is 2.38. The molecule has 1 aliphatic carbocycles. The summed E-state index contributed by atoms with van der Waals surface area (Å²) in [5.41, 5.74) is 0.888. The first-order valence-corrected chi connectivity index (χ1v) is 8.33. The van der Waals surface area contributed by atoms with Crippen molar-refractivity contribution in [1.29, 1.82) is 0 Å². The van der Waals surface area contributed by atoms with Crippen molar-refractivity contribution in [2.24, 2.45) is 23.7 Å². The fourth-order valence-corrected chi connectivity index (χ4v) is 3.54. The van der Waals surface area contributed by atoms with Crippen molar-refractivity contribution in [1.82, 2.24) is 0 Å². The van der Waals surface area contributed by atoms with Crippen LogP contribution in [0.1, 0.15) is 40.0 Å². The zero-order valence-electron chi connectivity index (χ0n) is 12.5. The Morgan fingerprint density at radius 1 is 1.25 bits per heavy atom. The number of benzene rings is 1. The van der Waals surface area contributed by atoms with Gasteiger partial charge in [0.2, 0.25) is 5.91 Å². The molecule has 0 radical (unpaired) electrons. The molecular formula is C17H24BrNO. The van der Waals surface area contributed by atoms with E-state index >= 15 is 0 Å². The lowest BCUT2D eigenvalue weighted by molar-refractivity contribution is -0.123. The third kappa shape index (κ3) is 3.85. The van der Waals surface area contributed by atoms with Crippen molar-refractivity contribution < 1.29 is 4.79 Å². The molecule has 0 aromatic heterocycles. The highest BCUT2D eigenvalue weighted by molar-refractivity contribution is 9.10. The number of anilines is 1. The first-order chi connectivity index (χ1) is 9.47. The fourth-order valence-electron chi connectivity index (χ4n) is 3.27. The van der Waals surface area contributed by atoms with Crippen molar-refractivity contribution in [3.8, 4) is 0 Å². The normalized spacial score (nSPS) is 26.6. The first kappa shape index (κ1) is 15.6. The van der Waals surface area contributed by atoms with Crippen molar-refractivity contribution in [3.63, 3.8) is 0 Å². The Labute approximate surface area is 130 Å². The summed E-state index contributed by atoms with van der Waals surface area (Å²) in [6.07, 6.45) is 3.45. The standard InChI is InChI=1S/C17H24BrNO/c1-11(2)15-9-4-12(3)10-16(15)17(20)19-14-7-5-13(18)6-8-14/h5-8,11-12,15-16H,4,9-10H2,1-3H3,(H,19,20)/t12-,15+,16-/m1/s1. The molecule has 0 bridgehead atoms. The summed E-state index contributed by atoms with van der Waals surface area (Å²) in [6.45, 7) is 6.73. The molecule has 0 heterocycles. The number of carbonyl (C=O) groups is 1. The second kappa shape index (κ2) is 6.75. The van der Waals surface area contributed by atoms with Crippen molar-refractivity contribution in [2.75, 3.05) is 5.32 Å². The van der Waals surface area contributed by atoms with Crippen LogP contribution < -0.4 is 5.32 Å². The Morgan fingerprint density at radius 2 is 1.90 bits per heavy atom. The van der Waals surface area contributed by atoms with Crippen LogP contribution in [0.4, 0.5) is 5.69 Å². The summed E-state index contributed by atoms with van der Waals surface area (Å²) >= 11 is 3.41. The Balaban J connectivity index is 2.07. The summed E-state index contributed by atoms with van der Waals surface area (Å²) in [5.74, 6) is 2.09. The van der Waals surface area contributed by atoms with Gasteiger partial charge in [-0.2, -0.15) is 0 Å². The van der Waals surface area contributed by atoms with E-state index in [-0.39, 0.29) is 11.8 Å². The Kier molecular flexibility index (Phi) is 5.25. The van der Waals surface area contributed by atoms with E-state index in [4.69, 9.17) is 0 Å². The summed E-state index contributed by atoms with van der Waals surface area (Å²) < 4.78 is 1.03. The van der Waals surface area contributed by atoms with Crippen LogP contribution in [0, 0.1) is 23.7 Å². The quantitative estimate of drug-likeness (QED) is 0.817. The molecule has 1 aromatic rings. The van der Waals surface area contributed by atoms with E-state index < -0.39 is 0 Å². The molecule has 0 saturated heterocycles. The van der Waals surface area contributed by atoms with Gasteiger partial charge in [0.1, 0.15) is 0 Å². The molecule has 0 unspecified atom stereocenters. The van der Waals surface area contributed by atoms with Gasteiger partial charge in [-0.1, -0.05) is 43.1 Å². The molecule has 0 spiro atoms. The molecular weight excluding hydrogens is 314 g/mol. The zero-order chi connectivity index (χ0) is 14.7. The van der Waals surface area contributed by atoms with Gasteiger partial charge in [0.15, 0.2) is 0 Å². The van der Waals surface area contributed by atoms with Gasteiger partial charge in [-0.05, 0) is 54.9 Å². The van der Waals surface area contributed by atoms with Gasteiger partial charge in [-0.25, -0.2) is 0 Å². The number of halogens is 1. The van der Waals surface area contributed by atoms with E-state index in [0.29, 0.717) is 17.8 Å². The predicted molar refractivity (Wildman–Crippen MR) is 87.6 cm³/mol. The van der Waals surface area contributed by atoms with Crippen LogP contribution in [0.5, 0.6) is 0 Å². The first-order valence-electron chi connectivity index (χ1n) is 7.53. The van der Waals surface area contributed by atoms with Gasteiger partial charge in [-0.15, -0.1) is 0 Å². The minimum atomic E-state index is 0.155. The highest BCUT2D eigenvalue weighted by atomic mass is 79.9. The molecule has 1 amide bonds. The lowest BCUT2D eigenvalue weighted by Crippen LogP contribution is -2.36. The van der Waals surface area contributed by atoms with Crippen LogP contribution in [0.15, 0.2) is 28.7 Å². The van der Waals surface area contributed by atoms with Crippen molar-refractivity contribution in [2.45, 2.75) is 40.0 Å². The topological polar surface area (TPSA) is 29.1 Å². The van der Waals surface area contributed by atoms with E-state index in [1.165, 1.54) is 12.8 Å². The number of nitrogens with one attached hydrogen (secondary N) is 1. The molecule has 1 N–H and O–H groups in total. The fraction of sp³-hybridized carbons (Fsp3) is 0.588. The molecule has 2 rings (SSSR count). The molecule has 1 aromatic carbocycles. The van der Waals surface area contributed by atoms with E-state index in [0.717, 1.165) is 16.6 Å². The molecule has 20 heavy (non-hydrogen) atoms. The van der Waals surface area contributed by atoms with Gasteiger partial charge >= 0.3 is 0 Å². The van der Waals surface area contributed by atoms with Gasteiger partial charge in [-0.3, -0.25) is 4.79 Å². The lowest BCUT2D eigenvalue weighted by Gasteiger charge is -2.36. The van der Waals surface area contributed by atoms with E-state index in [1.54, 1.807) is 0 Å². The summed E-state index contributed by atoms with van der Waals surface area (Å²) in [6, 6.07) is 7.80. The van der Waals surface area contributed by atoms with Crippen LogP contribution in [0.2, 0.25) is 0 Å². The summed E-state index contributed by atoms with van der Waals surface area (Å²) in [4.78, 5) is 12.6. The second-order valence-corrected chi connectivity index (χ2v) is 7.34. The van der Waals surface area contributed by atoms with Gasteiger partial charge in [0.05, 0.1) is 0 Å². The summed E-state index contributed by atoms with van der Waals surface area (Å²) in [5, 5.41) is 3.08. The second-order valence-electron chi connectivity index (χ2n) is 6.43. The largest absolute Gasteiger partial charge is 0.326 e. The number of hydrogen-bond acceptors (Lipinski definition) is 1. The molecule has 3 heteroatoms. The van der Waals surface area contributed by atoms with Crippen LogP contribution in [-0.4, -0.2) is 5.91 Å². The molecule has 1 aliphatic rings. The van der Waals surface area contributed by atoms with E-state index in [1.807, 2.05) is 24.3 Å². The Bertz CT molecular complexity index is 455. The van der Waals surface area contributed by atoms with Gasteiger partial charge in [0.25, 0.3) is 0 Å². The monoisotopic (exact) mass is 337 g/mol. The maximum absolute atomic E-state index is 12.6. The molecule has 2 nitrogen and oxygen atoms in total. The number of carbonyl (C=O) groups excluding carboxylic acids is 1. The maximum Gasteiger partial charge on any atom is 0.227 e. The number of rotatable bonds is 3. The summed E-state index contributed by atoms with van der Waals surface area (Å²) in [7, 11) is 0. The maximum atomic E-state index is 12.6. The van der Waals surface area contributed by atoms with Crippen molar-refractivity contribution in [3.05, 3.63) is 28.7 Å². The minimum absolute atomic E-state index is 0.155. The molecule has 1 fully saturated rings. The molecule has 1 saturated carbocycles. The number of amides is 1. The molecule has 0 aliphatic heterocycles. The SMILES string of the molecule is CC(C)[C@@H]1CC[C@@H](C)C[C@H]1C(=O)Nc1ccc(Br)cc1. The zero-order valence-corrected chi connectivity index (χ0v) is 14.1. The van der Waals surface area contributed by atoms with Crippen LogP contribution >= 0.6 is 15.9 Å². The minimum Gasteiger partial charge on any atom is -0.326 e. The van der Waals surface area contributed by atoms with Gasteiger partial charge in [0, 0.05) is 16.1 Å². The predicted octanol–water partition coefficient (Wildman–Crippen LogP) is 5.10. The van der Waals surface area contributed by atoms with Crippen molar-refractivity contribution >= 4 is 27.5 Å². The van der Waals surface area contributed by atoms with E-state index in [2.05, 4.69) is 42.0 Å². The molecule has 3 atom stereocenters. The number of hydrogen-bond donors (Lipinski definition) is 1. The van der Waals surface area contributed by atoms with E-state index in [9.17, 15) is 4.79 Å². The van der Waals surface area contributed by atoms with Crippen LogP contribution in [0.3, 0.4) is 0 Å². The smallest absolute Gasteiger partial charge is 0.227 e. The molecule has 110 valence electrons. The third-order valence-corrected chi connectivity index (χ3v) is 5.00. The van der Waals surface area contributed by atoms with Gasteiger partial charge < -0.3 is 5.32 Å². The Hall–Kier alpha value is -0.830. The van der Waals surface area contributed by atoms with Crippen LogP contribution in [-0.2, 0) is 4.79 Å². The third-order valence-electron chi connectivity index (χ3n) is 4.47. The van der Waals surface area contributed by atoms with Crippen LogP contribution in [0.25, 0.3) is 0 Å².